The van der Waals surface area contributed by atoms with Gasteiger partial charge in [0, 0.05) is 49.9 Å². The lowest BCUT2D eigenvalue weighted by Gasteiger charge is -2.26. The molecule has 0 amide bonds. The van der Waals surface area contributed by atoms with Crippen molar-refractivity contribution in [2.75, 3.05) is 4.90 Å². The van der Waals surface area contributed by atoms with Crippen LogP contribution in [-0.4, -0.2) is 4.57 Å². The molecule has 0 fully saturated rings. The molecule has 3 nitrogen and oxygen atoms in total. The molecule has 0 radical (unpaired) electrons. The van der Waals surface area contributed by atoms with Gasteiger partial charge in [0.1, 0.15) is 11.2 Å². The number of para-hydroxylation sites is 3. The van der Waals surface area contributed by atoms with Crippen molar-refractivity contribution < 1.29 is 4.42 Å². The first-order valence-electron chi connectivity index (χ1n) is 24.3. The van der Waals surface area contributed by atoms with Gasteiger partial charge in [-0.05, 0) is 139 Å². The lowest BCUT2D eigenvalue weighted by atomic mass is 9.93. The minimum absolute atomic E-state index is 0.886. The van der Waals surface area contributed by atoms with Gasteiger partial charge in [0.25, 0.3) is 0 Å². The summed E-state index contributed by atoms with van der Waals surface area (Å²) in [6, 6.07) is 96.6. The second-order valence-corrected chi connectivity index (χ2v) is 18.4. The highest BCUT2D eigenvalue weighted by atomic mass is 16.3. The van der Waals surface area contributed by atoms with Crippen molar-refractivity contribution in [3.63, 3.8) is 0 Å². The maximum atomic E-state index is 6.54. The zero-order valence-electron chi connectivity index (χ0n) is 38.7. The van der Waals surface area contributed by atoms with E-state index < -0.39 is 0 Å². The van der Waals surface area contributed by atoms with Crippen molar-refractivity contribution in [2.45, 2.75) is 0 Å². The molecule has 0 saturated carbocycles. The normalized spacial score (nSPS) is 11.7. The first-order chi connectivity index (χ1) is 35.2. The summed E-state index contributed by atoms with van der Waals surface area (Å²) >= 11 is 0. The van der Waals surface area contributed by atoms with Crippen LogP contribution in [-0.2, 0) is 0 Å². The van der Waals surface area contributed by atoms with Crippen LogP contribution in [0.15, 0.2) is 271 Å². The number of nitrogens with zero attached hydrogens (tertiary/aromatic N) is 2. The number of aromatic nitrogens is 1. The average molecular weight is 905 g/mol. The predicted molar refractivity (Wildman–Crippen MR) is 299 cm³/mol. The molecule has 0 bridgehead atoms. The molecule has 0 saturated heterocycles. The Morgan fingerprint density at radius 2 is 0.817 bits per heavy atom. The van der Waals surface area contributed by atoms with E-state index in [0.29, 0.717) is 0 Å². The Hall–Kier alpha value is -9.44. The van der Waals surface area contributed by atoms with Crippen molar-refractivity contribution in [3.8, 4) is 50.2 Å². The van der Waals surface area contributed by atoms with Crippen LogP contribution in [0.25, 0.3) is 115 Å². The van der Waals surface area contributed by atoms with Crippen LogP contribution in [0.5, 0.6) is 0 Å². The monoisotopic (exact) mass is 904 g/mol. The third-order valence-corrected chi connectivity index (χ3v) is 14.4. The van der Waals surface area contributed by atoms with Crippen molar-refractivity contribution >= 4 is 82.4 Å². The van der Waals surface area contributed by atoms with Crippen LogP contribution in [0.1, 0.15) is 0 Å². The van der Waals surface area contributed by atoms with Gasteiger partial charge in [-0.3, -0.25) is 0 Å². The molecule has 14 aromatic rings. The fourth-order valence-electron chi connectivity index (χ4n) is 11.1. The lowest BCUT2D eigenvalue weighted by molar-refractivity contribution is 0.670. The van der Waals surface area contributed by atoms with Crippen LogP contribution >= 0.6 is 0 Å². The third-order valence-electron chi connectivity index (χ3n) is 14.4. The Morgan fingerprint density at radius 3 is 1.55 bits per heavy atom. The SMILES string of the molecule is c1ccc(-c2cccc3c2oc2ccc(-c4ccc(N(c5ccc(-c6cc7ccccc7c7ccccc67)cc5)c5ccc(-c6cccc7c6c6ccccc6n7-c6ccccc6)cc5)cc4)cc23)cc1. The van der Waals surface area contributed by atoms with E-state index in [-0.39, 0.29) is 0 Å². The van der Waals surface area contributed by atoms with Crippen molar-refractivity contribution in [1.82, 2.24) is 4.57 Å². The summed E-state index contributed by atoms with van der Waals surface area (Å²) in [5.41, 5.74) is 17.9. The fourth-order valence-corrected chi connectivity index (χ4v) is 11.1. The van der Waals surface area contributed by atoms with Gasteiger partial charge in [0.05, 0.1) is 11.0 Å². The summed E-state index contributed by atoms with van der Waals surface area (Å²) in [4.78, 5) is 2.37. The molecule has 3 heteroatoms. The molecule has 2 aromatic heterocycles. The van der Waals surface area contributed by atoms with Crippen molar-refractivity contribution in [1.29, 1.82) is 0 Å². The van der Waals surface area contributed by atoms with Crippen molar-refractivity contribution in [2.24, 2.45) is 0 Å². The van der Waals surface area contributed by atoms with E-state index in [2.05, 4.69) is 276 Å². The summed E-state index contributed by atoms with van der Waals surface area (Å²) in [5.74, 6) is 0. The van der Waals surface area contributed by atoms with E-state index in [1.807, 2.05) is 0 Å². The summed E-state index contributed by atoms with van der Waals surface area (Å²) in [6.07, 6.45) is 0. The molecule has 0 aliphatic carbocycles. The van der Waals surface area contributed by atoms with Gasteiger partial charge in [0.2, 0.25) is 0 Å². The first-order valence-corrected chi connectivity index (χ1v) is 24.3. The predicted octanol–water partition coefficient (Wildman–Crippen LogP) is 19.1. The van der Waals surface area contributed by atoms with Gasteiger partial charge in [0.15, 0.2) is 0 Å². The van der Waals surface area contributed by atoms with E-state index >= 15 is 0 Å². The number of anilines is 3. The van der Waals surface area contributed by atoms with Gasteiger partial charge < -0.3 is 13.9 Å². The molecule has 0 spiro atoms. The van der Waals surface area contributed by atoms with E-state index in [1.165, 1.54) is 65.6 Å². The molecule has 0 aliphatic heterocycles. The smallest absolute Gasteiger partial charge is 0.143 e. The topological polar surface area (TPSA) is 21.3 Å². The van der Waals surface area contributed by atoms with Crippen LogP contribution < -0.4 is 4.90 Å². The summed E-state index contributed by atoms with van der Waals surface area (Å²) in [5, 5.41) is 9.75. The molecule has 0 unspecified atom stereocenters. The Bertz CT molecular complexity index is 4300. The Labute approximate surface area is 411 Å². The van der Waals surface area contributed by atoms with E-state index in [9.17, 15) is 0 Å². The molecule has 0 atom stereocenters. The highest BCUT2D eigenvalue weighted by molar-refractivity contribution is 6.16. The minimum Gasteiger partial charge on any atom is -0.455 e. The van der Waals surface area contributed by atoms with Crippen molar-refractivity contribution in [3.05, 3.63) is 267 Å². The minimum atomic E-state index is 0.886. The lowest BCUT2D eigenvalue weighted by Crippen LogP contribution is -2.09. The number of benzene rings is 12. The molecular formula is C68H44N2O. The zero-order chi connectivity index (χ0) is 46.8. The van der Waals surface area contributed by atoms with E-state index in [1.54, 1.807) is 0 Å². The first kappa shape index (κ1) is 40.6. The quantitative estimate of drug-likeness (QED) is 0.142. The number of furan rings is 1. The van der Waals surface area contributed by atoms with Crippen LogP contribution in [0.4, 0.5) is 17.1 Å². The van der Waals surface area contributed by atoms with Gasteiger partial charge in [-0.2, -0.15) is 0 Å². The second kappa shape index (κ2) is 16.7. The second-order valence-electron chi connectivity index (χ2n) is 18.4. The van der Waals surface area contributed by atoms with Gasteiger partial charge in [-0.1, -0.05) is 188 Å². The maximum Gasteiger partial charge on any atom is 0.143 e. The largest absolute Gasteiger partial charge is 0.455 e. The van der Waals surface area contributed by atoms with Gasteiger partial charge in [-0.25, -0.2) is 0 Å². The Morgan fingerprint density at radius 1 is 0.296 bits per heavy atom. The molecule has 332 valence electrons. The van der Waals surface area contributed by atoms with Gasteiger partial charge in [-0.15, -0.1) is 0 Å². The molecule has 0 N–H and O–H groups in total. The van der Waals surface area contributed by atoms with Gasteiger partial charge >= 0.3 is 0 Å². The summed E-state index contributed by atoms with van der Waals surface area (Å²) in [7, 11) is 0. The highest BCUT2D eigenvalue weighted by Crippen LogP contribution is 2.43. The average Bonchev–Trinajstić information content (AvgIpc) is 4.00. The molecule has 0 aliphatic rings. The summed E-state index contributed by atoms with van der Waals surface area (Å²) in [6.45, 7) is 0. The zero-order valence-corrected chi connectivity index (χ0v) is 38.7. The Balaban J connectivity index is 0.869. The maximum absolute atomic E-state index is 6.54. The number of hydrogen-bond acceptors (Lipinski definition) is 2. The molecular weight excluding hydrogens is 861 g/mol. The fraction of sp³-hybridized carbons (Fsp3) is 0. The van der Waals surface area contributed by atoms with Crippen LogP contribution in [0.3, 0.4) is 0 Å². The number of fused-ring (bicyclic) bond motifs is 9. The molecule has 12 aromatic carbocycles. The summed E-state index contributed by atoms with van der Waals surface area (Å²) < 4.78 is 8.93. The molecule has 71 heavy (non-hydrogen) atoms. The number of hydrogen-bond donors (Lipinski definition) is 0. The molecule has 2 heterocycles. The third kappa shape index (κ3) is 6.82. The van der Waals surface area contributed by atoms with E-state index in [4.69, 9.17) is 4.42 Å². The van der Waals surface area contributed by atoms with Crippen LogP contribution in [0, 0.1) is 0 Å². The molecule has 14 rings (SSSR count). The highest BCUT2D eigenvalue weighted by Gasteiger charge is 2.19. The van der Waals surface area contributed by atoms with Crippen LogP contribution in [0.2, 0.25) is 0 Å². The standard InChI is InChI=1S/C68H44N2O/c1-3-15-46(16-4-1)57-25-13-26-60-63-43-49(35-42-66(63)71-68(57)60)45-29-36-52(37-30-45)69(54-40-33-48(34-41-54)62-44-50-17-7-8-20-55(50)58-21-9-10-22-59(58)62)53-38-31-47(32-39-53)56-24-14-28-65-67(56)61-23-11-12-27-64(61)70(65)51-18-5-2-6-19-51/h1-44H. The Kier molecular flexibility index (Phi) is 9.53. The van der Waals surface area contributed by atoms with E-state index in [0.717, 1.165) is 66.9 Å². The number of rotatable bonds is 8.